The van der Waals surface area contributed by atoms with E-state index in [0.29, 0.717) is 28.7 Å². The largest absolute Gasteiger partial charge is 0.467 e. The van der Waals surface area contributed by atoms with Gasteiger partial charge < -0.3 is 14.5 Å². The summed E-state index contributed by atoms with van der Waals surface area (Å²) < 4.78 is 10.6. The van der Waals surface area contributed by atoms with Crippen molar-refractivity contribution in [3.63, 3.8) is 0 Å². The number of methoxy groups -OCH3 is 1. The van der Waals surface area contributed by atoms with Crippen molar-refractivity contribution in [2.75, 3.05) is 12.4 Å². The highest BCUT2D eigenvalue weighted by Gasteiger charge is 2.10. The number of ether oxygens (including phenoxy) is 1. The zero-order valence-electron chi connectivity index (χ0n) is 9.94. The van der Waals surface area contributed by atoms with Gasteiger partial charge in [0.1, 0.15) is 12.0 Å². The standard InChI is InChI=1S/C12H10BrClN2O3/c1-18-12(17)7-2-9(19-6-7)5-15-10-3-8(13)4-16-11(10)14/h2-4,6,15H,5H2,1H3. The number of rotatable bonds is 4. The number of carbonyl (C=O) groups is 1. The molecule has 0 spiro atoms. The van der Waals surface area contributed by atoms with Crippen LogP contribution in [0.1, 0.15) is 16.1 Å². The number of aromatic nitrogens is 1. The van der Waals surface area contributed by atoms with Crippen molar-refractivity contribution in [3.05, 3.63) is 45.5 Å². The Kier molecular flexibility index (Phi) is 4.44. The van der Waals surface area contributed by atoms with E-state index in [2.05, 4.69) is 31.0 Å². The molecule has 0 amide bonds. The molecule has 5 nitrogen and oxygen atoms in total. The lowest BCUT2D eigenvalue weighted by Gasteiger charge is -2.06. The minimum absolute atomic E-state index is 0.364. The number of pyridine rings is 1. The van der Waals surface area contributed by atoms with Gasteiger partial charge >= 0.3 is 5.97 Å². The highest BCUT2D eigenvalue weighted by Crippen LogP contribution is 2.23. The molecule has 0 atom stereocenters. The van der Waals surface area contributed by atoms with Crippen molar-refractivity contribution >= 4 is 39.2 Å². The molecule has 0 bridgehead atoms. The molecule has 0 saturated heterocycles. The number of furan rings is 1. The summed E-state index contributed by atoms with van der Waals surface area (Å²) in [5.74, 6) is 0.161. The number of nitrogens with zero attached hydrogens (tertiary/aromatic N) is 1. The lowest BCUT2D eigenvalue weighted by molar-refractivity contribution is 0.0600. The van der Waals surface area contributed by atoms with Crippen LogP contribution in [0.2, 0.25) is 5.15 Å². The average molecular weight is 346 g/mol. The molecule has 100 valence electrons. The molecule has 0 aromatic carbocycles. The Labute approximate surface area is 123 Å². The molecule has 0 aliphatic heterocycles. The number of anilines is 1. The lowest BCUT2D eigenvalue weighted by atomic mass is 10.3. The van der Waals surface area contributed by atoms with E-state index in [1.54, 1.807) is 18.3 Å². The van der Waals surface area contributed by atoms with Crippen LogP contribution < -0.4 is 5.32 Å². The van der Waals surface area contributed by atoms with E-state index in [9.17, 15) is 4.79 Å². The van der Waals surface area contributed by atoms with Crippen molar-refractivity contribution in [2.24, 2.45) is 0 Å². The Bertz CT molecular complexity index is 600. The number of nitrogens with one attached hydrogen (secondary N) is 1. The van der Waals surface area contributed by atoms with Crippen LogP contribution in [0.5, 0.6) is 0 Å². The van der Waals surface area contributed by atoms with Gasteiger partial charge in [-0.25, -0.2) is 9.78 Å². The monoisotopic (exact) mass is 344 g/mol. The zero-order chi connectivity index (χ0) is 13.8. The summed E-state index contributed by atoms with van der Waals surface area (Å²) >= 11 is 9.25. The third-order valence-corrected chi connectivity index (χ3v) is 3.07. The fourth-order valence-corrected chi connectivity index (χ4v) is 1.93. The minimum atomic E-state index is -0.433. The van der Waals surface area contributed by atoms with E-state index in [1.165, 1.54) is 13.4 Å². The molecule has 2 aromatic rings. The van der Waals surface area contributed by atoms with Crippen molar-refractivity contribution in [1.82, 2.24) is 4.98 Å². The van der Waals surface area contributed by atoms with Gasteiger partial charge in [0.25, 0.3) is 0 Å². The summed E-state index contributed by atoms with van der Waals surface area (Å²) in [6.45, 7) is 0.384. The van der Waals surface area contributed by atoms with E-state index in [-0.39, 0.29) is 0 Å². The minimum Gasteiger partial charge on any atom is -0.467 e. The second-order valence-electron chi connectivity index (χ2n) is 3.64. The number of esters is 1. The first-order valence-electron chi connectivity index (χ1n) is 5.31. The van der Waals surface area contributed by atoms with Gasteiger partial charge in [0, 0.05) is 10.7 Å². The van der Waals surface area contributed by atoms with Crippen LogP contribution in [0.3, 0.4) is 0 Å². The molecule has 2 rings (SSSR count). The Morgan fingerprint density at radius 3 is 3.11 bits per heavy atom. The highest BCUT2D eigenvalue weighted by molar-refractivity contribution is 9.10. The number of hydrogen-bond acceptors (Lipinski definition) is 5. The predicted molar refractivity (Wildman–Crippen MR) is 74.3 cm³/mol. The fraction of sp³-hybridized carbons (Fsp3) is 0.167. The van der Waals surface area contributed by atoms with Gasteiger partial charge in [-0.15, -0.1) is 0 Å². The summed E-state index contributed by atoms with van der Waals surface area (Å²) in [6, 6.07) is 3.41. The third-order valence-electron chi connectivity index (χ3n) is 2.33. The number of hydrogen-bond donors (Lipinski definition) is 1. The van der Waals surface area contributed by atoms with Gasteiger partial charge in [0.2, 0.25) is 0 Å². The normalized spacial score (nSPS) is 10.3. The maximum absolute atomic E-state index is 11.3. The van der Waals surface area contributed by atoms with E-state index in [1.807, 2.05) is 0 Å². The van der Waals surface area contributed by atoms with Crippen LogP contribution in [0, 0.1) is 0 Å². The van der Waals surface area contributed by atoms with Crippen LogP contribution in [0.15, 0.2) is 33.5 Å². The first-order chi connectivity index (χ1) is 9.10. The topological polar surface area (TPSA) is 64.4 Å². The molecule has 2 aromatic heterocycles. The number of halogens is 2. The average Bonchev–Trinajstić information content (AvgIpc) is 2.88. The summed E-state index contributed by atoms with van der Waals surface area (Å²) in [7, 11) is 1.32. The Morgan fingerprint density at radius 2 is 2.37 bits per heavy atom. The van der Waals surface area contributed by atoms with Crippen LogP contribution in [-0.2, 0) is 11.3 Å². The Morgan fingerprint density at radius 1 is 1.58 bits per heavy atom. The SMILES string of the molecule is COC(=O)c1coc(CNc2cc(Br)cnc2Cl)c1. The zero-order valence-corrected chi connectivity index (χ0v) is 12.3. The second-order valence-corrected chi connectivity index (χ2v) is 4.91. The number of carbonyl (C=O) groups excluding carboxylic acids is 1. The molecule has 0 radical (unpaired) electrons. The van der Waals surface area contributed by atoms with Gasteiger partial charge in [-0.2, -0.15) is 0 Å². The van der Waals surface area contributed by atoms with Crippen LogP contribution >= 0.6 is 27.5 Å². The molecule has 1 N–H and O–H groups in total. The first-order valence-corrected chi connectivity index (χ1v) is 6.48. The highest BCUT2D eigenvalue weighted by atomic mass is 79.9. The molecule has 0 aliphatic rings. The van der Waals surface area contributed by atoms with Crippen LogP contribution in [-0.4, -0.2) is 18.1 Å². The maximum Gasteiger partial charge on any atom is 0.341 e. The van der Waals surface area contributed by atoms with E-state index >= 15 is 0 Å². The van der Waals surface area contributed by atoms with Gasteiger partial charge in [-0.3, -0.25) is 0 Å². The van der Waals surface area contributed by atoms with Crippen molar-refractivity contribution < 1.29 is 13.9 Å². The van der Waals surface area contributed by atoms with Gasteiger partial charge in [0.15, 0.2) is 5.15 Å². The summed E-state index contributed by atoms with van der Waals surface area (Å²) in [6.07, 6.45) is 2.96. The molecule has 0 unspecified atom stereocenters. The van der Waals surface area contributed by atoms with Crippen LogP contribution in [0.4, 0.5) is 5.69 Å². The predicted octanol–water partition coefficient (Wildman–Crippen LogP) is 3.49. The van der Waals surface area contributed by atoms with Crippen LogP contribution in [0.25, 0.3) is 0 Å². The first kappa shape index (κ1) is 13.9. The smallest absolute Gasteiger partial charge is 0.341 e. The fourth-order valence-electron chi connectivity index (χ4n) is 1.43. The van der Waals surface area contributed by atoms with Crippen molar-refractivity contribution in [1.29, 1.82) is 0 Å². The second kappa shape index (κ2) is 6.08. The van der Waals surface area contributed by atoms with Gasteiger partial charge in [-0.1, -0.05) is 11.6 Å². The molecular weight excluding hydrogens is 336 g/mol. The quantitative estimate of drug-likeness (QED) is 0.679. The molecular formula is C12H10BrClN2O3. The molecule has 0 aliphatic carbocycles. The summed E-state index contributed by atoms with van der Waals surface area (Å²) in [5, 5.41) is 3.43. The lowest BCUT2D eigenvalue weighted by Crippen LogP contribution is -2.01. The summed E-state index contributed by atoms with van der Waals surface area (Å²) in [4.78, 5) is 15.2. The van der Waals surface area contributed by atoms with E-state index < -0.39 is 5.97 Å². The van der Waals surface area contributed by atoms with Crippen molar-refractivity contribution in [3.8, 4) is 0 Å². The Balaban J connectivity index is 2.04. The molecule has 0 fully saturated rings. The molecule has 0 saturated carbocycles. The van der Waals surface area contributed by atoms with Gasteiger partial charge in [-0.05, 0) is 28.1 Å². The van der Waals surface area contributed by atoms with E-state index in [4.69, 9.17) is 16.0 Å². The molecule has 7 heteroatoms. The maximum atomic E-state index is 11.3. The molecule has 2 heterocycles. The molecule has 19 heavy (non-hydrogen) atoms. The van der Waals surface area contributed by atoms with E-state index in [0.717, 1.165) is 4.47 Å². The Hall–Kier alpha value is -1.53. The van der Waals surface area contributed by atoms with Gasteiger partial charge in [0.05, 0.1) is 24.9 Å². The third kappa shape index (κ3) is 3.48. The van der Waals surface area contributed by atoms with Crippen molar-refractivity contribution in [2.45, 2.75) is 6.54 Å². The summed E-state index contributed by atoms with van der Waals surface area (Å²) in [5.41, 5.74) is 1.05.